The molecule has 4 atom stereocenters. The highest BCUT2D eigenvalue weighted by molar-refractivity contribution is 5.17. The molecule has 1 aliphatic carbocycles. The third kappa shape index (κ3) is 2.51. The molecule has 1 saturated carbocycles. The van der Waals surface area contributed by atoms with Crippen molar-refractivity contribution in [1.29, 1.82) is 0 Å². The normalized spacial score (nSPS) is 33.0. The highest BCUT2D eigenvalue weighted by Gasteiger charge is 2.57. The molecule has 4 unspecified atom stereocenters. The lowest BCUT2D eigenvalue weighted by atomic mass is 9.55. The molecule has 2 heteroatoms. The van der Waals surface area contributed by atoms with Gasteiger partial charge in [0.15, 0.2) is 0 Å². The average Bonchev–Trinajstić information content (AvgIpc) is 2.46. The Morgan fingerprint density at radius 1 is 1.30 bits per heavy atom. The zero-order valence-corrected chi connectivity index (χ0v) is 12.9. The molecule has 110 valence electrons. The van der Waals surface area contributed by atoms with Crippen molar-refractivity contribution in [2.75, 3.05) is 6.61 Å². The van der Waals surface area contributed by atoms with Crippen LogP contribution >= 0.6 is 0 Å². The van der Waals surface area contributed by atoms with Gasteiger partial charge in [-0.05, 0) is 31.7 Å². The van der Waals surface area contributed by atoms with Gasteiger partial charge >= 0.3 is 0 Å². The summed E-state index contributed by atoms with van der Waals surface area (Å²) in [7, 11) is 0. The summed E-state index contributed by atoms with van der Waals surface area (Å²) in [5, 5.41) is 3.87. The van der Waals surface area contributed by atoms with E-state index in [2.05, 4.69) is 56.4 Å². The standard InChI is InChI=1S/C18H27NO/c1-13(12-14-8-5-4-6-9-14)19-16-15-10-7-11-20-17(15)18(16,2)3/h4-6,8-9,13,15-17,19H,7,10-12H2,1-3H3. The molecule has 0 aromatic heterocycles. The van der Waals surface area contributed by atoms with E-state index < -0.39 is 0 Å². The molecule has 0 radical (unpaired) electrons. The summed E-state index contributed by atoms with van der Waals surface area (Å²) in [5.74, 6) is 0.719. The van der Waals surface area contributed by atoms with Gasteiger partial charge in [-0.3, -0.25) is 0 Å². The van der Waals surface area contributed by atoms with E-state index in [1.807, 2.05) is 0 Å². The van der Waals surface area contributed by atoms with Crippen molar-refractivity contribution < 1.29 is 4.74 Å². The number of nitrogens with one attached hydrogen (secondary N) is 1. The third-order valence-electron chi connectivity index (χ3n) is 5.18. The van der Waals surface area contributed by atoms with Crippen LogP contribution in [-0.4, -0.2) is 24.8 Å². The van der Waals surface area contributed by atoms with E-state index in [9.17, 15) is 0 Å². The molecule has 1 N–H and O–H groups in total. The fraction of sp³-hybridized carbons (Fsp3) is 0.667. The van der Waals surface area contributed by atoms with Gasteiger partial charge in [0, 0.05) is 30.0 Å². The fourth-order valence-corrected chi connectivity index (χ4v) is 4.19. The SMILES string of the molecule is CC(Cc1ccccc1)NC1C2CCCOC2C1(C)C. The van der Waals surface area contributed by atoms with Crippen LogP contribution < -0.4 is 5.32 Å². The molecule has 1 aliphatic heterocycles. The van der Waals surface area contributed by atoms with Gasteiger partial charge in [0.05, 0.1) is 6.10 Å². The number of benzene rings is 1. The molecule has 1 aromatic rings. The zero-order valence-electron chi connectivity index (χ0n) is 12.9. The maximum atomic E-state index is 5.98. The Labute approximate surface area is 122 Å². The van der Waals surface area contributed by atoms with Crippen LogP contribution in [0.4, 0.5) is 0 Å². The Kier molecular flexibility index (Phi) is 3.87. The van der Waals surface area contributed by atoms with Crippen LogP contribution in [0.5, 0.6) is 0 Å². The topological polar surface area (TPSA) is 21.3 Å². The minimum Gasteiger partial charge on any atom is -0.377 e. The molecule has 3 rings (SSSR count). The van der Waals surface area contributed by atoms with Crippen LogP contribution in [0, 0.1) is 11.3 Å². The van der Waals surface area contributed by atoms with E-state index in [0.717, 1.165) is 18.9 Å². The maximum Gasteiger partial charge on any atom is 0.0684 e. The van der Waals surface area contributed by atoms with Crippen molar-refractivity contribution in [3.05, 3.63) is 35.9 Å². The Balaban J connectivity index is 1.60. The minimum atomic E-state index is 0.274. The minimum absolute atomic E-state index is 0.274. The lowest BCUT2D eigenvalue weighted by Crippen LogP contribution is -2.70. The van der Waals surface area contributed by atoms with Crippen molar-refractivity contribution in [2.45, 2.75) is 58.2 Å². The van der Waals surface area contributed by atoms with Gasteiger partial charge in [-0.25, -0.2) is 0 Å². The first-order valence-electron chi connectivity index (χ1n) is 8.00. The van der Waals surface area contributed by atoms with Crippen molar-refractivity contribution in [2.24, 2.45) is 11.3 Å². The number of fused-ring (bicyclic) bond motifs is 1. The Morgan fingerprint density at radius 2 is 2.05 bits per heavy atom. The van der Waals surface area contributed by atoms with Crippen molar-refractivity contribution in [3.8, 4) is 0 Å². The van der Waals surface area contributed by atoms with E-state index in [1.165, 1.54) is 18.4 Å². The van der Waals surface area contributed by atoms with Crippen LogP contribution in [0.3, 0.4) is 0 Å². The van der Waals surface area contributed by atoms with Gasteiger partial charge in [-0.2, -0.15) is 0 Å². The van der Waals surface area contributed by atoms with Crippen LogP contribution in [-0.2, 0) is 11.2 Å². The molecule has 1 heterocycles. The summed E-state index contributed by atoms with van der Waals surface area (Å²) in [5.41, 5.74) is 1.69. The van der Waals surface area contributed by atoms with Crippen LogP contribution in [0.1, 0.15) is 39.2 Å². The van der Waals surface area contributed by atoms with Crippen molar-refractivity contribution >= 4 is 0 Å². The second-order valence-corrected chi connectivity index (χ2v) is 7.15. The first-order valence-corrected chi connectivity index (χ1v) is 8.00. The average molecular weight is 273 g/mol. The van der Waals surface area contributed by atoms with Gasteiger partial charge in [0.2, 0.25) is 0 Å². The molecule has 1 saturated heterocycles. The summed E-state index contributed by atoms with van der Waals surface area (Å²) in [6.45, 7) is 7.97. The van der Waals surface area contributed by atoms with E-state index in [-0.39, 0.29) is 5.41 Å². The van der Waals surface area contributed by atoms with Gasteiger partial charge < -0.3 is 10.1 Å². The van der Waals surface area contributed by atoms with Gasteiger partial charge in [0.25, 0.3) is 0 Å². The lowest BCUT2D eigenvalue weighted by molar-refractivity contribution is -0.194. The van der Waals surface area contributed by atoms with Gasteiger partial charge in [0.1, 0.15) is 0 Å². The summed E-state index contributed by atoms with van der Waals surface area (Å²) >= 11 is 0. The molecule has 2 nitrogen and oxygen atoms in total. The summed E-state index contributed by atoms with van der Waals surface area (Å²) in [4.78, 5) is 0. The Bertz CT molecular complexity index is 442. The zero-order chi connectivity index (χ0) is 14.2. The molecular weight excluding hydrogens is 246 g/mol. The van der Waals surface area contributed by atoms with Gasteiger partial charge in [-0.15, -0.1) is 0 Å². The highest BCUT2D eigenvalue weighted by Crippen LogP contribution is 2.51. The molecule has 1 aromatic carbocycles. The summed E-state index contributed by atoms with van der Waals surface area (Å²) in [6, 6.07) is 11.9. The Hall–Kier alpha value is -0.860. The summed E-state index contributed by atoms with van der Waals surface area (Å²) in [6.07, 6.45) is 4.12. The first kappa shape index (κ1) is 14.1. The predicted octanol–water partition coefficient (Wildman–Crippen LogP) is 3.41. The smallest absolute Gasteiger partial charge is 0.0684 e. The third-order valence-corrected chi connectivity index (χ3v) is 5.18. The van der Waals surface area contributed by atoms with Crippen LogP contribution in [0.25, 0.3) is 0 Å². The predicted molar refractivity (Wildman–Crippen MR) is 82.8 cm³/mol. The summed E-state index contributed by atoms with van der Waals surface area (Å²) < 4.78 is 5.98. The van der Waals surface area contributed by atoms with Crippen LogP contribution in [0.15, 0.2) is 30.3 Å². The van der Waals surface area contributed by atoms with Crippen molar-refractivity contribution in [1.82, 2.24) is 5.32 Å². The van der Waals surface area contributed by atoms with Crippen LogP contribution in [0.2, 0.25) is 0 Å². The second kappa shape index (κ2) is 5.50. The van der Waals surface area contributed by atoms with E-state index in [0.29, 0.717) is 18.2 Å². The largest absolute Gasteiger partial charge is 0.377 e. The molecule has 20 heavy (non-hydrogen) atoms. The Morgan fingerprint density at radius 3 is 2.80 bits per heavy atom. The van der Waals surface area contributed by atoms with E-state index >= 15 is 0 Å². The van der Waals surface area contributed by atoms with E-state index in [4.69, 9.17) is 4.74 Å². The monoisotopic (exact) mass is 273 g/mol. The molecule has 0 amide bonds. The van der Waals surface area contributed by atoms with Gasteiger partial charge in [-0.1, -0.05) is 44.2 Å². The number of rotatable bonds is 4. The number of hydrogen-bond donors (Lipinski definition) is 1. The van der Waals surface area contributed by atoms with E-state index in [1.54, 1.807) is 0 Å². The number of ether oxygens (including phenoxy) is 1. The molecule has 0 spiro atoms. The molecule has 0 bridgehead atoms. The number of hydrogen-bond acceptors (Lipinski definition) is 2. The first-order chi connectivity index (χ1) is 9.59. The molecular formula is C18H27NO. The second-order valence-electron chi connectivity index (χ2n) is 7.15. The lowest BCUT2D eigenvalue weighted by Gasteiger charge is -2.60. The fourth-order valence-electron chi connectivity index (χ4n) is 4.19. The quantitative estimate of drug-likeness (QED) is 0.907. The van der Waals surface area contributed by atoms with Crippen molar-refractivity contribution in [3.63, 3.8) is 0 Å². The maximum absolute atomic E-state index is 5.98. The highest BCUT2D eigenvalue weighted by atomic mass is 16.5. The molecule has 2 fully saturated rings. The molecule has 2 aliphatic rings.